The van der Waals surface area contributed by atoms with E-state index in [-0.39, 0.29) is 22.4 Å². The van der Waals surface area contributed by atoms with Crippen molar-refractivity contribution in [2.75, 3.05) is 19.5 Å². The summed E-state index contributed by atoms with van der Waals surface area (Å²) < 4.78 is 48.2. The molecule has 0 bridgehead atoms. The molecule has 10 heteroatoms. The standard InChI is InChI=1S/C16H15ClF3N3O2S/c1-24-13-4-3-10(6-14(13)25-2)23-15(26)22-8-12-11(17)5-9(7-21-12)16(18,19)20/h3-7H,8H2,1-2H3,(H2,22,23,26). The molecular formula is C16H15ClF3N3O2S. The fraction of sp³-hybridized carbons (Fsp3) is 0.250. The monoisotopic (exact) mass is 405 g/mol. The van der Waals surface area contributed by atoms with Crippen LogP contribution in [0.5, 0.6) is 11.5 Å². The lowest BCUT2D eigenvalue weighted by Crippen LogP contribution is -2.28. The molecule has 0 aliphatic rings. The Balaban J connectivity index is 1.99. The van der Waals surface area contributed by atoms with E-state index in [0.29, 0.717) is 17.2 Å². The van der Waals surface area contributed by atoms with Crippen molar-refractivity contribution in [3.63, 3.8) is 0 Å². The second kappa shape index (κ2) is 8.41. The van der Waals surface area contributed by atoms with Crippen LogP contribution in [0.4, 0.5) is 18.9 Å². The number of ether oxygens (including phenoxy) is 2. The third kappa shape index (κ3) is 5.12. The summed E-state index contributed by atoms with van der Waals surface area (Å²) in [5.41, 5.74) is -0.0139. The van der Waals surface area contributed by atoms with E-state index in [1.807, 2.05) is 0 Å². The number of benzene rings is 1. The molecule has 2 aromatic rings. The molecule has 2 rings (SSSR count). The lowest BCUT2D eigenvalue weighted by atomic mass is 10.2. The van der Waals surface area contributed by atoms with Crippen molar-refractivity contribution < 1.29 is 22.6 Å². The van der Waals surface area contributed by atoms with Crippen LogP contribution in [-0.4, -0.2) is 24.3 Å². The van der Waals surface area contributed by atoms with Crippen LogP contribution in [0.25, 0.3) is 0 Å². The highest BCUT2D eigenvalue weighted by atomic mass is 35.5. The molecular weight excluding hydrogens is 391 g/mol. The number of thiocarbonyl (C=S) groups is 1. The SMILES string of the molecule is COc1ccc(NC(=S)NCc2ncc(C(F)(F)F)cc2Cl)cc1OC. The van der Waals surface area contributed by atoms with E-state index in [2.05, 4.69) is 15.6 Å². The number of hydrogen-bond acceptors (Lipinski definition) is 4. The Labute approximate surface area is 158 Å². The number of halogens is 4. The van der Waals surface area contributed by atoms with Crippen LogP contribution in [0.1, 0.15) is 11.3 Å². The fourth-order valence-corrected chi connectivity index (χ4v) is 2.43. The molecule has 0 spiro atoms. The zero-order valence-electron chi connectivity index (χ0n) is 13.8. The van der Waals surface area contributed by atoms with Crippen LogP contribution in [0.15, 0.2) is 30.5 Å². The van der Waals surface area contributed by atoms with Gasteiger partial charge in [-0.25, -0.2) is 0 Å². The summed E-state index contributed by atoms with van der Waals surface area (Å²) >= 11 is 11.0. The van der Waals surface area contributed by atoms with E-state index >= 15 is 0 Å². The summed E-state index contributed by atoms with van der Waals surface area (Å²) in [7, 11) is 3.04. The van der Waals surface area contributed by atoms with Gasteiger partial charge in [0.05, 0.1) is 37.0 Å². The molecule has 140 valence electrons. The van der Waals surface area contributed by atoms with Gasteiger partial charge in [0.2, 0.25) is 0 Å². The molecule has 5 nitrogen and oxygen atoms in total. The number of hydrogen-bond donors (Lipinski definition) is 2. The van der Waals surface area contributed by atoms with E-state index in [4.69, 9.17) is 33.3 Å². The first-order chi connectivity index (χ1) is 12.2. The topological polar surface area (TPSA) is 55.4 Å². The second-order valence-electron chi connectivity index (χ2n) is 5.03. The Morgan fingerprint density at radius 3 is 2.46 bits per heavy atom. The van der Waals surface area contributed by atoms with Gasteiger partial charge in [-0.15, -0.1) is 0 Å². The molecule has 0 aliphatic heterocycles. The Morgan fingerprint density at radius 2 is 1.88 bits per heavy atom. The number of pyridine rings is 1. The molecule has 2 N–H and O–H groups in total. The summed E-state index contributed by atoms with van der Waals surface area (Å²) in [6.07, 6.45) is -3.76. The normalized spacial score (nSPS) is 11.0. The highest BCUT2D eigenvalue weighted by Crippen LogP contribution is 2.31. The van der Waals surface area contributed by atoms with Crippen molar-refractivity contribution in [1.29, 1.82) is 0 Å². The summed E-state index contributed by atoms with van der Waals surface area (Å²) in [6, 6.07) is 5.96. The minimum Gasteiger partial charge on any atom is -0.493 e. The van der Waals surface area contributed by atoms with Crippen molar-refractivity contribution in [1.82, 2.24) is 10.3 Å². The fourth-order valence-electron chi connectivity index (χ4n) is 2.00. The maximum absolute atomic E-state index is 12.6. The predicted molar refractivity (Wildman–Crippen MR) is 96.9 cm³/mol. The van der Waals surface area contributed by atoms with Gasteiger partial charge in [-0.3, -0.25) is 4.98 Å². The minimum atomic E-state index is -4.49. The number of rotatable bonds is 5. The van der Waals surface area contributed by atoms with Crippen molar-refractivity contribution in [2.24, 2.45) is 0 Å². The van der Waals surface area contributed by atoms with Gasteiger partial charge < -0.3 is 20.1 Å². The first kappa shape index (κ1) is 20.1. The number of nitrogens with zero attached hydrogens (tertiary/aromatic N) is 1. The van der Waals surface area contributed by atoms with Gasteiger partial charge in [0.15, 0.2) is 16.6 Å². The summed E-state index contributed by atoms with van der Waals surface area (Å²) in [6.45, 7) is 0.0656. The summed E-state index contributed by atoms with van der Waals surface area (Å²) in [5, 5.41) is 5.91. The van der Waals surface area contributed by atoms with Crippen LogP contribution in [0.2, 0.25) is 5.02 Å². The Bertz CT molecular complexity index is 803. The lowest BCUT2D eigenvalue weighted by molar-refractivity contribution is -0.137. The molecule has 0 fully saturated rings. The predicted octanol–water partition coefficient (Wildman–Crippen LogP) is 4.26. The summed E-state index contributed by atoms with van der Waals surface area (Å²) in [4.78, 5) is 3.74. The van der Waals surface area contributed by atoms with Gasteiger partial charge in [-0.05, 0) is 30.4 Å². The number of methoxy groups -OCH3 is 2. The smallest absolute Gasteiger partial charge is 0.417 e. The molecule has 0 radical (unpaired) electrons. The molecule has 0 saturated heterocycles. The Kier molecular flexibility index (Phi) is 6.49. The van der Waals surface area contributed by atoms with Gasteiger partial charge >= 0.3 is 6.18 Å². The van der Waals surface area contributed by atoms with Crippen LogP contribution in [-0.2, 0) is 12.7 Å². The van der Waals surface area contributed by atoms with Crippen LogP contribution in [0.3, 0.4) is 0 Å². The van der Waals surface area contributed by atoms with Crippen molar-refractivity contribution >= 4 is 34.6 Å². The average Bonchev–Trinajstić information content (AvgIpc) is 2.59. The van der Waals surface area contributed by atoms with Crippen LogP contribution >= 0.6 is 23.8 Å². The quantitative estimate of drug-likeness (QED) is 0.725. The first-order valence-corrected chi connectivity index (χ1v) is 8.01. The van der Waals surface area contributed by atoms with E-state index in [9.17, 15) is 13.2 Å². The van der Waals surface area contributed by atoms with E-state index in [1.165, 1.54) is 14.2 Å². The number of nitrogens with one attached hydrogen (secondary N) is 2. The van der Waals surface area contributed by atoms with Gasteiger partial charge in [0, 0.05) is 18.0 Å². The highest BCUT2D eigenvalue weighted by molar-refractivity contribution is 7.80. The Morgan fingerprint density at radius 1 is 1.19 bits per heavy atom. The number of alkyl halides is 3. The van der Waals surface area contributed by atoms with Gasteiger partial charge in [-0.1, -0.05) is 11.6 Å². The van der Waals surface area contributed by atoms with Crippen molar-refractivity contribution in [3.05, 3.63) is 46.7 Å². The van der Waals surface area contributed by atoms with E-state index in [1.54, 1.807) is 18.2 Å². The zero-order chi connectivity index (χ0) is 19.3. The van der Waals surface area contributed by atoms with Crippen LogP contribution in [0, 0.1) is 0 Å². The van der Waals surface area contributed by atoms with Crippen LogP contribution < -0.4 is 20.1 Å². The zero-order valence-corrected chi connectivity index (χ0v) is 15.4. The average molecular weight is 406 g/mol. The molecule has 0 aliphatic carbocycles. The van der Waals surface area contributed by atoms with Gasteiger partial charge in [0.25, 0.3) is 0 Å². The molecule has 0 atom stereocenters. The molecule has 1 aromatic heterocycles. The molecule has 26 heavy (non-hydrogen) atoms. The molecule has 0 unspecified atom stereocenters. The number of anilines is 1. The Hall–Kier alpha value is -2.26. The first-order valence-electron chi connectivity index (χ1n) is 7.23. The molecule has 0 saturated carbocycles. The third-order valence-electron chi connectivity index (χ3n) is 3.30. The van der Waals surface area contributed by atoms with E-state index in [0.717, 1.165) is 12.3 Å². The van der Waals surface area contributed by atoms with E-state index < -0.39 is 11.7 Å². The van der Waals surface area contributed by atoms with Crippen molar-refractivity contribution in [2.45, 2.75) is 12.7 Å². The molecule has 0 amide bonds. The maximum atomic E-state index is 12.6. The molecule has 1 heterocycles. The minimum absolute atomic E-state index is 0.0656. The maximum Gasteiger partial charge on any atom is 0.417 e. The largest absolute Gasteiger partial charge is 0.493 e. The number of aromatic nitrogens is 1. The van der Waals surface area contributed by atoms with Gasteiger partial charge in [0.1, 0.15) is 0 Å². The third-order valence-corrected chi connectivity index (χ3v) is 3.88. The lowest BCUT2D eigenvalue weighted by Gasteiger charge is -2.14. The van der Waals surface area contributed by atoms with Crippen molar-refractivity contribution in [3.8, 4) is 11.5 Å². The second-order valence-corrected chi connectivity index (χ2v) is 5.84. The summed E-state index contributed by atoms with van der Waals surface area (Å²) in [5.74, 6) is 1.09. The van der Waals surface area contributed by atoms with Gasteiger partial charge in [-0.2, -0.15) is 13.2 Å². The highest BCUT2D eigenvalue weighted by Gasteiger charge is 2.31. The molecule has 1 aromatic carbocycles.